The van der Waals surface area contributed by atoms with Gasteiger partial charge in [0.15, 0.2) is 0 Å². The Morgan fingerprint density at radius 2 is 2.00 bits per heavy atom. The summed E-state index contributed by atoms with van der Waals surface area (Å²) in [6.07, 6.45) is 5.71. The lowest BCUT2D eigenvalue weighted by Crippen LogP contribution is -2.51. The average Bonchev–Trinajstić information content (AvgIpc) is 2.98. The molecule has 0 unspecified atom stereocenters. The Morgan fingerprint density at radius 3 is 2.62 bits per heavy atom. The van der Waals surface area contributed by atoms with Crippen LogP contribution in [0.25, 0.3) is 0 Å². The van der Waals surface area contributed by atoms with Crippen LogP contribution >= 0.6 is 15.9 Å². The maximum absolute atomic E-state index is 12.5. The number of hydrazine groups is 1. The fraction of sp³-hybridized carbons (Fsp3) is 0.462. The summed E-state index contributed by atoms with van der Waals surface area (Å²) in [5.74, 6) is -0.900. The van der Waals surface area contributed by atoms with Crippen LogP contribution in [0.3, 0.4) is 0 Å². The second-order valence-electron chi connectivity index (χ2n) is 5.39. The summed E-state index contributed by atoms with van der Waals surface area (Å²) in [6, 6.07) is 1.00. The maximum Gasteiger partial charge on any atom is 0.344 e. The van der Waals surface area contributed by atoms with Gasteiger partial charge in [0.2, 0.25) is 0 Å². The van der Waals surface area contributed by atoms with Gasteiger partial charge in [-0.15, -0.1) is 0 Å². The van der Waals surface area contributed by atoms with E-state index < -0.39 is 17.5 Å². The van der Waals surface area contributed by atoms with Gasteiger partial charge in [-0.25, -0.2) is 4.79 Å². The minimum Gasteiger partial charge on any atom is -0.356 e. The third-order valence-electron chi connectivity index (χ3n) is 3.97. The lowest BCUT2D eigenvalue weighted by molar-refractivity contribution is -0.134. The zero-order valence-electron chi connectivity index (χ0n) is 11.2. The first kappa shape index (κ1) is 14.1. The first-order valence-corrected chi connectivity index (χ1v) is 7.63. The molecule has 2 aliphatic rings. The molecule has 0 bridgehead atoms. The van der Waals surface area contributed by atoms with Crippen molar-refractivity contribution in [1.82, 2.24) is 20.7 Å². The zero-order chi connectivity index (χ0) is 15.0. The Hall–Kier alpha value is -1.83. The molecule has 0 atom stereocenters. The molecular weight excluding hydrogens is 340 g/mol. The molecule has 21 heavy (non-hydrogen) atoms. The van der Waals surface area contributed by atoms with Crippen LogP contribution in [-0.4, -0.2) is 33.4 Å². The molecule has 8 heteroatoms. The molecule has 4 amide bonds. The van der Waals surface area contributed by atoms with Crippen molar-refractivity contribution in [2.45, 2.75) is 37.6 Å². The van der Waals surface area contributed by atoms with E-state index in [1.807, 2.05) is 0 Å². The number of nitrogens with zero attached hydrogens (tertiary/aromatic N) is 1. The molecule has 2 heterocycles. The maximum atomic E-state index is 12.5. The molecule has 1 saturated carbocycles. The topological polar surface area (TPSA) is 94.3 Å². The van der Waals surface area contributed by atoms with Gasteiger partial charge < -0.3 is 10.3 Å². The first-order chi connectivity index (χ1) is 10.0. The van der Waals surface area contributed by atoms with E-state index in [4.69, 9.17) is 0 Å². The largest absolute Gasteiger partial charge is 0.356 e. The van der Waals surface area contributed by atoms with Crippen molar-refractivity contribution in [2.75, 3.05) is 0 Å². The number of carbonyl (C=O) groups is 3. The number of imide groups is 1. The number of halogens is 1. The SMILES string of the molecule is O=C(NN1C(=O)NC2(CCCCC2)C1=O)c1cc(Br)c[nH]1. The van der Waals surface area contributed by atoms with E-state index in [2.05, 4.69) is 31.7 Å². The summed E-state index contributed by atoms with van der Waals surface area (Å²) in [5, 5.41) is 3.53. The van der Waals surface area contributed by atoms with Gasteiger partial charge in [-0.3, -0.25) is 15.0 Å². The summed E-state index contributed by atoms with van der Waals surface area (Å²) < 4.78 is 0.716. The Morgan fingerprint density at radius 1 is 1.29 bits per heavy atom. The number of nitrogens with one attached hydrogen (secondary N) is 3. The van der Waals surface area contributed by atoms with E-state index >= 15 is 0 Å². The van der Waals surface area contributed by atoms with Gasteiger partial charge in [0, 0.05) is 10.7 Å². The average molecular weight is 355 g/mol. The summed E-state index contributed by atoms with van der Waals surface area (Å²) in [4.78, 5) is 39.3. The van der Waals surface area contributed by atoms with Gasteiger partial charge in [0.25, 0.3) is 11.8 Å². The predicted molar refractivity (Wildman–Crippen MR) is 77.2 cm³/mol. The fourth-order valence-corrected chi connectivity index (χ4v) is 3.22. The summed E-state index contributed by atoms with van der Waals surface area (Å²) >= 11 is 3.22. The number of carbonyl (C=O) groups excluding carboxylic acids is 3. The van der Waals surface area contributed by atoms with Crippen LogP contribution in [0.5, 0.6) is 0 Å². The van der Waals surface area contributed by atoms with Gasteiger partial charge >= 0.3 is 6.03 Å². The second-order valence-corrected chi connectivity index (χ2v) is 6.30. The lowest BCUT2D eigenvalue weighted by atomic mass is 9.82. The molecule has 3 rings (SSSR count). The van der Waals surface area contributed by atoms with E-state index in [-0.39, 0.29) is 11.6 Å². The highest BCUT2D eigenvalue weighted by atomic mass is 79.9. The molecule has 7 nitrogen and oxygen atoms in total. The number of urea groups is 1. The van der Waals surface area contributed by atoms with Crippen LogP contribution in [0.15, 0.2) is 16.7 Å². The summed E-state index contributed by atoms with van der Waals surface area (Å²) in [5.41, 5.74) is 1.80. The van der Waals surface area contributed by atoms with Crippen molar-refractivity contribution in [1.29, 1.82) is 0 Å². The molecule has 1 aromatic rings. The van der Waals surface area contributed by atoms with Crippen LogP contribution in [0.1, 0.15) is 42.6 Å². The zero-order valence-corrected chi connectivity index (χ0v) is 12.8. The Labute approximate surface area is 129 Å². The van der Waals surface area contributed by atoms with Crippen LogP contribution in [-0.2, 0) is 4.79 Å². The van der Waals surface area contributed by atoms with Crippen molar-refractivity contribution in [3.63, 3.8) is 0 Å². The Bertz CT molecular complexity index is 606. The van der Waals surface area contributed by atoms with Crippen LogP contribution in [0.4, 0.5) is 4.79 Å². The van der Waals surface area contributed by atoms with Gasteiger partial charge in [0.1, 0.15) is 11.2 Å². The van der Waals surface area contributed by atoms with Gasteiger partial charge in [0.05, 0.1) is 0 Å². The molecule has 1 saturated heterocycles. The van der Waals surface area contributed by atoms with E-state index in [9.17, 15) is 14.4 Å². The standard InChI is InChI=1S/C13H15BrN4O3/c14-8-6-9(15-7-8)10(19)17-18-11(20)13(16-12(18)21)4-2-1-3-5-13/h6-7,15H,1-5H2,(H,16,21)(H,17,19). The number of H-pyrrole nitrogens is 1. The molecule has 0 aromatic carbocycles. The van der Waals surface area contributed by atoms with E-state index in [1.165, 1.54) is 0 Å². The first-order valence-electron chi connectivity index (χ1n) is 6.83. The van der Waals surface area contributed by atoms with Crippen LogP contribution in [0, 0.1) is 0 Å². The molecule has 1 aliphatic heterocycles. The third-order valence-corrected chi connectivity index (χ3v) is 4.43. The minimum atomic E-state index is -0.834. The number of aromatic amines is 1. The summed E-state index contributed by atoms with van der Waals surface area (Å²) in [7, 11) is 0. The lowest BCUT2D eigenvalue weighted by Gasteiger charge is -2.30. The Balaban J connectivity index is 1.75. The highest BCUT2D eigenvalue weighted by Gasteiger charge is 2.52. The molecule has 3 N–H and O–H groups in total. The van der Waals surface area contributed by atoms with Gasteiger partial charge in [-0.1, -0.05) is 19.3 Å². The number of hydrogen-bond acceptors (Lipinski definition) is 3. The molecule has 2 fully saturated rings. The number of hydrogen-bond donors (Lipinski definition) is 3. The monoisotopic (exact) mass is 354 g/mol. The molecule has 1 aliphatic carbocycles. The summed E-state index contributed by atoms with van der Waals surface area (Å²) in [6.45, 7) is 0. The molecule has 1 spiro atoms. The van der Waals surface area contributed by atoms with Crippen LogP contribution < -0.4 is 10.7 Å². The van der Waals surface area contributed by atoms with Crippen molar-refractivity contribution in [3.05, 3.63) is 22.4 Å². The fourth-order valence-electron chi connectivity index (χ4n) is 2.88. The van der Waals surface area contributed by atoms with Crippen molar-refractivity contribution in [2.24, 2.45) is 0 Å². The molecule has 112 valence electrons. The third kappa shape index (κ3) is 2.44. The number of rotatable bonds is 2. The highest BCUT2D eigenvalue weighted by Crippen LogP contribution is 2.33. The van der Waals surface area contributed by atoms with Crippen molar-refractivity contribution in [3.8, 4) is 0 Å². The minimum absolute atomic E-state index is 0.270. The van der Waals surface area contributed by atoms with E-state index in [0.717, 1.165) is 24.3 Å². The normalized spacial score (nSPS) is 20.7. The quantitative estimate of drug-likeness (QED) is 0.705. The van der Waals surface area contributed by atoms with E-state index in [1.54, 1.807) is 12.3 Å². The van der Waals surface area contributed by atoms with Gasteiger partial charge in [-0.05, 0) is 34.8 Å². The predicted octanol–water partition coefficient (Wildman–Crippen LogP) is 1.68. The molecular formula is C13H15BrN4O3. The van der Waals surface area contributed by atoms with Gasteiger partial charge in [-0.2, -0.15) is 5.01 Å². The Kier molecular flexibility index (Phi) is 3.48. The van der Waals surface area contributed by atoms with Crippen molar-refractivity contribution < 1.29 is 14.4 Å². The molecule has 0 radical (unpaired) electrons. The molecule has 1 aromatic heterocycles. The van der Waals surface area contributed by atoms with Crippen molar-refractivity contribution >= 4 is 33.8 Å². The second kappa shape index (κ2) is 5.18. The number of aromatic nitrogens is 1. The van der Waals surface area contributed by atoms with Crippen LogP contribution in [0.2, 0.25) is 0 Å². The van der Waals surface area contributed by atoms with E-state index in [0.29, 0.717) is 17.3 Å². The number of amides is 4. The smallest absolute Gasteiger partial charge is 0.344 e. The highest BCUT2D eigenvalue weighted by molar-refractivity contribution is 9.10.